The Bertz CT molecular complexity index is 1010. The van der Waals surface area contributed by atoms with E-state index < -0.39 is 0 Å². The lowest BCUT2D eigenvalue weighted by Crippen LogP contribution is -2.36. The van der Waals surface area contributed by atoms with Crippen molar-refractivity contribution >= 4 is 16.7 Å². The third-order valence-corrected chi connectivity index (χ3v) is 5.66. The van der Waals surface area contributed by atoms with Crippen molar-refractivity contribution in [2.75, 3.05) is 19.4 Å². The van der Waals surface area contributed by atoms with Crippen molar-refractivity contribution in [3.63, 3.8) is 0 Å². The third-order valence-electron chi connectivity index (χ3n) is 5.66. The number of nitrogens with zero attached hydrogens (tertiary/aromatic N) is 5. The number of nitriles is 1. The van der Waals surface area contributed by atoms with Crippen molar-refractivity contribution in [1.82, 2.24) is 19.9 Å². The van der Waals surface area contributed by atoms with E-state index in [9.17, 15) is 5.26 Å². The highest BCUT2D eigenvalue weighted by molar-refractivity contribution is 5.93. The number of fused-ring (bicyclic) bond motifs is 1. The first-order valence-electron chi connectivity index (χ1n) is 9.68. The van der Waals surface area contributed by atoms with Crippen LogP contribution in [0.1, 0.15) is 31.2 Å². The summed E-state index contributed by atoms with van der Waals surface area (Å²) in [6.07, 6.45) is 9.65. The Kier molecular flexibility index (Phi) is 5.18. The summed E-state index contributed by atoms with van der Waals surface area (Å²) in [7, 11) is 4.32. The maximum Gasteiger partial charge on any atom is 0.137 e. The minimum atomic E-state index is 0.422. The summed E-state index contributed by atoms with van der Waals surface area (Å²) in [5, 5.41) is 14.0. The third kappa shape index (κ3) is 3.67. The first-order valence-corrected chi connectivity index (χ1v) is 9.68. The summed E-state index contributed by atoms with van der Waals surface area (Å²) in [4.78, 5) is 15.4. The summed E-state index contributed by atoms with van der Waals surface area (Å²) in [5.74, 6) is 0.863. The Hall–Kier alpha value is -3.04. The van der Waals surface area contributed by atoms with Gasteiger partial charge in [0.2, 0.25) is 0 Å². The fourth-order valence-electron chi connectivity index (χ4n) is 3.99. The van der Waals surface area contributed by atoms with E-state index in [1.54, 1.807) is 24.8 Å². The number of hydrogen-bond acceptors (Lipinski definition) is 6. The molecule has 1 aliphatic rings. The molecule has 6 heteroatoms. The van der Waals surface area contributed by atoms with Gasteiger partial charge in [-0.2, -0.15) is 5.26 Å². The molecule has 0 radical (unpaired) electrons. The maximum atomic E-state index is 9.41. The molecule has 0 amide bonds. The van der Waals surface area contributed by atoms with E-state index in [2.05, 4.69) is 51.4 Å². The van der Waals surface area contributed by atoms with Gasteiger partial charge in [0.25, 0.3) is 0 Å². The van der Waals surface area contributed by atoms with Gasteiger partial charge in [0.05, 0.1) is 17.1 Å². The molecule has 1 fully saturated rings. The molecular weight excluding hydrogens is 348 g/mol. The smallest absolute Gasteiger partial charge is 0.137 e. The van der Waals surface area contributed by atoms with Crippen LogP contribution in [0, 0.1) is 11.3 Å². The molecule has 1 aliphatic carbocycles. The van der Waals surface area contributed by atoms with Gasteiger partial charge in [-0.1, -0.05) is 6.07 Å². The topological polar surface area (TPSA) is 77.7 Å². The number of anilines is 1. The van der Waals surface area contributed by atoms with Crippen molar-refractivity contribution in [3.8, 4) is 17.2 Å². The molecule has 2 aromatic heterocycles. The predicted molar refractivity (Wildman–Crippen MR) is 111 cm³/mol. The van der Waals surface area contributed by atoms with Crippen LogP contribution in [0.3, 0.4) is 0 Å². The lowest BCUT2D eigenvalue weighted by atomic mass is 9.90. The Balaban J connectivity index is 1.64. The monoisotopic (exact) mass is 372 g/mol. The van der Waals surface area contributed by atoms with Crippen molar-refractivity contribution in [1.29, 1.82) is 5.26 Å². The van der Waals surface area contributed by atoms with Crippen LogP contribution in [0.15, 0.2) is 43.0 Å². The zero-order valence-electron chi connectivity index (χ0n) is 16.3. The lowest BCUT2D eigenvalue weighted by Gasteiger charge is -2.33. The second-order valence-electron chi connectivity index (χ2n) is 7.60. The zero-order chi connectivity index (χ0) is 19.5. The van der Waals surface area contributed by atoms with E-state index in [4.69, 9.17) is 0 Å². The second kappa shape index (κ2) is 7.91. The summed E-state index contributed by atoms with van der Waals surface area (Å²) in [5.41, 5.74) is 3.29. The molecule has 3 aromatic rings. The molecule has 0 spiro atoms. The van der Waals surface area contributed by atoms with Crippen molar-refractivity contribution in [2.45, 2.75) is 37.8 Å². The molecule has 1 saturated carbocycles. The van der Waals surface area contributed by atoms with Gasteiger partial charge in [0.15, 0.2) is 0 Å². The van der Waals surface area contributed by atoms with Crippen LogP contribution in [0.25, 0.3) is 22.0 Å². The van der Waals surface area contributed by atoms with E-state index in [0.717, 1.165) is 40.7 Å². The Morgan fingerprint density at radius 3 is 2.68 bits per heavy atom. The highest BCUT2D eigenvalue weighted by Gasteiger charge is 2.23. The average Bonchev–Trinajstić information content (AvgIpc) is 2.74. The van der Waals surface area contributed by atoms with Gasteiger partial charge in [-0.25, -0.2) is 9.97 Å². The van der Waals surface area contributed by atoms with Crippen molar-refractivity contribution in [3.05, 3.63) is 48.5 Å². The van der Waals surface area contributed by atoms with Gasteiger partial charge < -0.3 is 10.2 Å². The fourth-order valence-corrected chi connectivity index (χ4v) is 3.99. The number of nitrogens with one attached hydrogen (secondary N) is 1. The molecule has 0 atom stereocenters. The predicted octanol–water partition coefficient (Wildman–Crippen LogP) is 3.85. The summed E-state index contributed by atoms with van der Waals surface area (Å²) < 4.78 is 0. The number of aromatic nitrogens is 3. The lowest BCUT2D eigenvalue weighted by molar-refractivity contribution is 0.221. The molecule has 1 N–H and O–H groups in total. The maximum absolute atomic E-state index is 9.41. The summed E-state index contributed by atoms with van der Waals surface area (Å²) in [6, 6.07) is 11.1. The minimum Gasteiger partial charge on any atom is -0.367 e. The molecule has 0 unspecified atom stereocenters. The molecule has 0 aliphatic heterocycles. The highest BCUT2D eigenvalue weighted by atomic mass is 15.1. The van der Waals surface area contributed by atoms with Gasteiger partial charge in [0, 0.05) is 35.4 Å². The number of benzene rings is 1. The van der Waals surface area contributed by atoms with E-state index in [1.807, 2.05) is 12.1 Å². The molecule has 1 aromatic carbocycles. The molecule has 28 heavy (non-hydrogen) atoms. The quantitative estimate of drug-likeness (QED) is 0.749. The molecule has 142 valence electrons. The standard InChI is InChI=1S/C22H24N6/c1-28(2)18-6-4-17(5-7-18)27-22-19-11-15(3-8-21(19)25-14-26-22)20-13-24-10-9-16(20)12-23/h3,8-11,13-14,17-18H,4-7H2,1-2H3,(H,25,26,27). The number of hydrogen-bond donors (Lipinski definition) is 1. The van der Waals surface area contributed by atoms with Gasteiger partial charge in [0.1, 0.15) is 12.1 Å². The first kappa shape index (κ1) is 18.3. The summed E-state index contributed by atoms with van der Waals surface area (Å²) in [6.45, 7) is 0. The van der Waals surface area contributed by atoms with Crippen molar-refractivity contribution < 1.29 is 0 Å². The molecule has 2 heterocycles. The van der Waals surface area contributed by atoms with E-state index in [0.29, 0.717) is 17.6 Å². The molecule has 4 rings (SSSR count). The fraction of sp³-hybridized carbons (Fsp3) is 0.364. The van der Waals surface area contributed by atoms with Crippen LogP contribution in [-0.4, -0.2) is 46.0 Å². The van der Waals surface area contributed by atoms with Crippen LogP contribution in [0.5, 0.6) is 0 Å². The Morgan fingerprint density at radius 2 is 1.93 bits per heavy atom. The molecule has 6 nitrogen and oxygen atoms in total. The van der Waals surface area contributed by atoms with Crippen LogP contribution < -0.4 is 5.32 Å². The van der Waals surface area contributed by atoms with E-state index in [-0.39, 0.29) is 0 Å². The van der Waals surface area contributed by atoms with E-state index >= 15 is 0 Å². The van der Waals surface area contributed by atoms with E-state index in [1.165, 1.54) is 12.8 Å². The highest BCUT2D eigenvalue weighted by Crippen LogP contribution is 2.30. The Labute approximate surface area is 165 Å². The SMILES string of the molecule is CN(C)C1CCC(Nc2ncnc3ccc(-c4cnccc4C#N)cc23)CC1. The van der Waals surface area contributed by atoms with Gasteiger partial charge in [-0.15, -0.1) is 0 Å². The molecule has 0 bridgehead atoms. The second-order valence-corrected chi connectivity index (χ2v) is 7.60. The largest absolute Gasteiger partial charge is 0.367 e. The van der Waals surface area contributed by atoms with Gasteiger partial charge >= 0.3 is 0 Å². The van der Waals surface area contributed by atoms with Crippen LogP contribution >= 0.6 is 0 Å². The number of pyridine rings is 1. The Morgan fingerprint density at radius 1 is 1.11 bits per heavy atom. The molecular formula is C22H24N6. The van der Waals surface area contributed by atoms with Crippen molar-refractivity contribution in [2.24, 2.45) is 0 Å². The van der Waals surface area contributed by atoms with Gasteiger partial charge in [-0.3, -0.25) is 4.98 Å². The average molecular weight is 372 g/mol. The molecule has 0 saturated heterocycles. The van der Waals surface area contributed by atoms with Gasteiger partial charge in [-0.05, 0) is 63.5 Å². The zero-order valence-corrected chi connectivity index (χ0v) is 16.3. The first-order chi connectivity index (χ1) is 13.7. The van der Waals surface area contributed by atoms with Crippen LogP contribution in [0.2, 0.25) is 0 Å². The van der Waals surface area contributed by atoms with Crippen LogP contribution in [0.4, 0.5) is 5.82 Å². The van der Waals surface area contributed by atoms with Crippen LogP contribution in [-0.2, 0) is 0 Å². The minimum absolute atomic E-state index is 0.422. The normalized spacial score (nSPS) is 19.5. The summed E-state index contributed by atoms with van der Waals surface area (Å²) >= 11 is 0. The number of rotatable bonds is 4.